The molecule has 0 atom stereocenters. The molecule has 2 aromatic heterocycles. The Balaban J connectivity index is 1.31. The van der Waals surface area contributed by atoms with Gasteiger partial charge in [0.05, 0.1) is 6.54 Å². The van der Waals surface area contributed by atoms with E-state index in [1.807, 2.05) is 30.3 Å². The summed E-state index contributed by atoms with van der Waals surface area (Å²) in [5.41, 5.74) is 1.71. The SMILES string of the molecule is O=C(CN1CCC(C(=O)Nc2ccc(Br)cn2)CC1)c1c[nH]c2ccccc12. The number of hydrogen-bond donors (Lipinski definition) is 2. The molecule has 144 valence electrons. The Kier molecular flexibility index (Phi) is 5.54. The number of nitrogens with zero attached hydrogens (tertiary/aromatic N) is 2. The summed E-state index contributed by atoms with van der Waals surface area (Å²) in [6.45, 7) is 1.85. The van der Waals surface area contributed by atoms with E-state index in [9.17, 15) is 9.59 Å². The number of amides is 1. The number of benzene rings is 1. The largest absolute Gasteiger partial charge is 0.360 e. The number of pyridine rings is 1. The van der Waals surface area contributed by atoms with Gasteiger partial charge in [-0.1, -0.05) is 18.2 Å². The smallest absolute Gasteiger partial charge is 0.228 e. The Labute approximate surface area is 171 Å². The summed E-state index contributed by atoms with van der Waals surface area (Å²) < 4.78 is 0.874. The quantitative estimate of drug-likeness (QED) is 0.590. The van der Waals surface area contributed by atoms with Crippen molar-refractivity contribution >= 4 is 44.3 Å². The summed E-state index contributed by atoms with van der Waals surface area (Å²) in [5.74, 6) is 0.617. The minimum absolute atomic E-state index is 0.00238. The van der Waals surface area contributed by atoms with E-state index >= 15 is 0 Å². The van der Waals surface area contributed by atoms with Gasteiger partial charge in [0.15, 0.2) is 5.78 Å². The van der Waals surface area contributed by atoms with E-state index in [0.29, 0.717) is 12.4 Å². The lowest BCUT2D eigenvalue weighted by Gasteiger charge is -2.30. The molecule has 3 heterocycles. The van der Waals surface area contributed by atoms with Crippen molar-refractivity contribution in [3.8, 4) is 0 Å². The maximum Gasteiger partial charge on any atom is 0.228 e. The number of likely N-dealkylation sites (tertiary alicyclic amines) is 1. The van der Waals surface area contributed by atoms with Gasteiger partial charge in [-0.25, -0.2) is 4.98 Å². The van der Waals surface area contributed by atoms with Crippen molar-refractivity contribution < 1.29 is 9.59 Å². The number of aromatic amines is 1. The van der Waals surface area contributed by atoms with Gasteiger partial charge in [-0.3, -0.25) is 14.5 Å². The lowest BCUT2D eigenvalue weighted by Crippen LogP contribution is -2.40. The van der Waals surface area contributed by atoms with Crippen molar-refractivity contribution in [2.45, 2.75) is 12.8 Å². The monoisotopic (exact) mass is 440 g/mol. The predicted octanol–water partition coefficient (Wildman–Crippen LogP) is 3.86. The molecule has 28 heavy (non-hydrogen) atoms. The highest BCUT2D eigenvalue weighted by molar-refractivity contribution is 9.10. The van der Waals surface area contributed by atoms with Gasteiger partial charge in [0.25, 0.3) is 0 Å². The number of rotatable bonds is 5. The first-order valence-electron chi connectivity index (χ1n) is 9.34. The Morgan fingerprint density at radius 2 is 1.96 bits per heavy atom. The van der Waals surface area contributed by atoms with Crippen LogP contribution in [0.3, 0.4) is 0 Å². The molecule has 0 saturated carbocycles. The van der Waals surface area contributed by atoms with Gasteiger partial charge in [0.2, 0.25) is 5.91 Å². The average molecular weight is 441 g/mol. The first kappa shape index (κ1) is 18.8. The molecule has 0 bridgehead atoms. The Morgan fingerprint density at radius 3 is 2.71 bits per heavy atom. The molecule has 7 heteroatoms. The van der Waals surface area contributed by atoms with E-state index in [1.165, 1.54) is 0 Å². The minimum atomic E-state index is -0.0510. The molecule has 4 rings (SSSR count). The van der Waals surface area contributed by atoms with E-state index in [4.69, 9.17) is 0 Å². The molecule has 0 unspecified atom stereocenters. The molecule has 2 N–H and O–H groups in total. The highest BCUT2D eigenvalue weighted by atomic mass is 79.9. The van der Waals surface area contributed by atoms with Crippen molar-refractivity contribution in [1.82, 2.24) is 14.9 Å². The standard InChI is InChI=1S/C21H21BrN4O2/c22-15-5-6-20(24-11-15)25-21(28)14-7-9-26(10-8-14)13-19(27)17-12-23-18-4-2-1-3-16(17)18/h1-6,11-12,14,23H,7-10,13H2,(H,24,25,28). The number of nitrogens with one attached hydrogen (secondary N) is 2. The van der Waals surface area contributed by atoms with Crippen LogP contribution in [-0.2, 0) is 4.79 Å². The number of carbonyl (C=O) groups excluding carboxylic acids is 2. The van der Waals surface area contributed by atoms with Crippen LogP contribution in [0.25, 0.3) is 10.9 Å². The van der Waals surface area contributed by atoms with Gasteiger partial charge >= 0.3 is 0 Å². The van der Waals surface area contributed by atoms with Crippen LogP contribution < -0.4 is 5.32 Å². The zero-order chi connectivity index (χ0) is 19.5. The van der Waals surface area contributed by atoms with Crippen molar-refractivity contribution in [2.75, 3.05) is 25.0 Å². The van der Waals surface area contributed by atoms with Crippen molar-refractivity contribution in [1.29, 1.82) is 0 Å². The molecule has 3 aromatic rings. The van der Waals surface area contributed by atoms with Crippen LogP contribution in [0.15, 0.2) is 53.3 Å². The van der Waals surface area contributed by atoms with Crippen molar-refractivity contribution in [3.63, 3.8) is 0 Å². The zero-order valence-electron chi connectivity index (χ0n) is 15.3. The van der Waals surface area contributed by atoms with Gasteiger partial charge < -0.3 is 10.3 Å². The van der Waals surface area contributed by atoms with Crippen LogP contribution in [-0.4, -0.2) is 46.2 Å². The molecular formula is C21H21BrN4O2. The van der Waals surface area contributed by atoms with Crippen molar-refractivity contribution in [2.24, 2.45) is 5.92 Å². The summed E-state index contributed by atoms with van der Waals surface area (Å²) >= 11 is 3.33. The molecule has 1 aliphatic rings. The average Bonchev–Trinajstić information content (AvgIpc) is 3.14. The molecule has 1 saturated heterocycles. The van der Waals surface area contributed by atoms with Crippen LogP contribution >= 0.6 is 15.9 Å². The molecule has 1 aromatic carbocycles. The second kappa shape index (κ2) is 8.24. The third kappa shape index (κ3) is 4.15. The molecule has 0 spiro atoms. The first-order valence-corrected chi connectivity index (χ1v) is 10.1. The fraction of sp³-hybridized carbons (Fsp3) is 0.286. The number of carbonyl (C=O) groups is 2. The number of hydrogen-bond acceptors (Lipinski definition) is 4. The molecule has 0 aliphatic carbocycles. The lowest BCUT2D eigenvalue weighted by atomic mass is 9.95. The van der Waals surface area contributed by atoms with E-state index in [1.54, 1.807) is 18.5 Å². The summed E-state index contributed by atoms with van der Waals surface area (Å²) in [6, 6.07) is 11.4. The molecule has 1 fully saturated rings. The van der Waals surface area contributed by atoms with Gasteiger partial charge in [-0.2, -0.15) is 0 Å². The second-order valence-corrected chi connectivity index (χ2v) is 7.99. The second-order valence-electron chi connectivity index (χ2n) is 7.07. The fourth-order valence-electron chi connectivity index (χ4n) is 3.62. The Bertz CT molecular complexity index is 991. The topological polar surface area (TPSA) is 78.1 Å². The maximum atomic E-state index is 12.7. The number of ketones is 1. The fourth-order valence-corrected chi connectivity index (χ4v) is 3.86. The summed E-state index contributed by atoms with van der Waals surface area (Å²) in [5, 5.41) is 3.84. The van der Waals surface area contributed by atoms with E-state index < -0.39 is 0 Å². The van der Waals surface area contributed by atoms with Gasteiger partial charge in [-0.05, 0) is 60.1 Å². The van der Waals surface area contributed by atoms with Crippen LogP contribution in [0.5, 0.6) is 0 Å². The molecule has 1 aliphatic heterocycles. The zero-order valence-corrected chi connectivity index (χ0v) is 16.9. The van der Waals surface area contributed by atoms with Crippen molar-refractivity contribution in [3.05, 3.63) is 58.8 Å². The first-order chi connectivity index (χ1) is 13.6. The van der Waals surface area contributed by atoms with Crippen LogP contribution in [0.2, 0.25) is 0 Å². The molecule has 1 amide bonds. The number of anilines is 1. The third-order valence-corrected chi connectivity index (χ3v) is 5.66. The Morgan fingerprint density at radius 1 is 1.18 bits per heavy atom. The highest BCUT2D eigenvalue weighted by Gasteiger charge is 2.26. The number of para-hydroxylation sites is 1. The van der Waals surface area contributed by atoms with Gasteiger partial charge in [-0.15, -0.1) is 0 Å². The predicted molar refractivity (Wildman–Crippen MR) is 112 cm³/mol. The van der Waals surface area contributed by atoms with Crippen LogP contribution in [0, 0.1) is 5.92 Å². The normalized spacial score (nSPS) is 15.6. The number of aromatic nitrogens is 2. The number of halogens is 1. The molecular weight excluding hydrogens is 420 g/mol. The molecule has 6 nitrogen and oxygen atoms in total. The minimum Gasteiger partial charge on any atom is -0.360 e. The van der Waals surface area contributed by atoms with E-state index in [2.05, 4.69) is 36.1 Å². The third-order valence-electron chi connectivity index (χ3n) is 5.19. The Hall–Kier alpha value is -2.51. The van der Waals surface area contributed by atoms with E-state index in [0.717, 1.165) is 46.9 Å². The maximum absolute atomic E-state index is 12.7. The number of piperidine rings is 1. The lowest BCUT2D eigenvalue weighted by molar-refractivity contribution is -0.121. The number of fused-ring (bicyclic) bond motifs is 1. The van der Waals surface area contributed by atoms with Gasteiger partial charge in [0.1, 0.15) is 5.82 Å². The number of H-pyrrole nitrogens is 1. The summed E-state index contributed by atoms with van der Waals surface area (Å²) in [6.07, 6.45) is 4.93. The summed E-state index contributed by atoms with van der Waals surface area (Å²) in [7, 11) is 0. The van der Waals surface area contributed by atoms with Crippen LogP contribution in [0.4, 0.5) is 5.82 Å². The van der Waals surface area contributed by atoms with Gasteiger partial charge in [0, 0.05) is 39.3 Å². The summed E-state index contributed by atoms with van der Waals surface area (Å²) in [4.78, 5) is 34.6. The number of Topliss-reactive ketones (excluding diaryl/α,β-unsaturated/α-hetero) is 1. The molecule has 0 radical (unpaired) electrons. The van der Waals surface area contributed by atoms with Crippen LogP contribution in [0.1, 0.15) is 23.2 Å². The highest BCUT2D eigenvalue weighted by Crippen LogP contribution is 2.22. The van der Waals surface area contributed by atoms with E-state index in [-0.39, 0.29) is 17.6 Å².